The number of hydrogen-bond donors (Lipinski definition) is 1. The zero-order valence-corrected chi connectivity index (χ0v) is 10.3. The van der Waals surface area contributed by atoms with Gasteiger partial charge in [0.1, 0.15) is 0 Å². The number of carbonyl (C=O) groups is 1. The highest BCUT2D eigenvalue weighted by Gasteiger charge is 2.24. The van der Waals surface area contributed by atoms with Crippen LogP contribution in [0.2, 0.25) is 0 Å². The highest BCUT2D eigenvalue weighted by atomic mass is 35.5. The van der Waals surface area contributed by atoms with Crippen LogP contribution in [0, 0.1) is 5.92 Å². The van der Waals surface area contributed by atoms with Gasteiger partial charge in [0.25, 0.3) is 0 Å². The van der Waals surface area contributed by atoms with Gasteiger partial charge in [0.05, 0.1) is 0 Å². The lowest BCUT2D eigenvalue weighted by Crippen LogP contribution is -2.38. The minimum absolute atomic E-state index is 0.128. The molecular weight excluding hydrogens is 218 g/mol. The van der Waals surface area contributed by atoms with Crippen LogP contribution in [0.15, 0.2) is 0 Å². The minimum atomic E-state index is 0.128. The van der Waals surface area contributed by atoms with Gasteiger partial charge in [-0.2, -0.15) is 11.8 Å². The van der Waals surface area contributed by atoms with E-state index in [0.29, 0.717) is 0 Å². The van der Waals surface area contributed by atoms with Crippen molar-refractivity contribution in [2.24, 2.45) is 5.92 Å². The molecule has 1 aliphatic rings. The Morgan fingerprint density at radius 3 is 2.86 bits per heavy atom. The van der Waals surface area contributed by atoms with Crippen LogP contribution in [0.1, 0.15) is 26.7 Å². The van der Waals surface area contributed by atoms with Crippen molar-refractivity contribution in [2.45, 2.75) is 38.1 Å². The summed E-state index contributed by atoms with van der Waals surface area (Å²) in [5.41, 5.74) is 0. The normalized spacial score (nSPS) is 25.8. The van der Waals surface area contributed by atoms with Crippen LogP contribution in [0.4, 0.5) is 0 Å². The number of nitrogens with one attached hydrogen (secondary N) is 1. The first-order chi connectivity index (χ1) is 6.59. The highest BCUT2D eigenvalue weighted by Crippen LogP contribution is 2.23. The summed E-state index contributed by atoms with van der Waals surface area (Å²) in [5.74, 6) is 2.54. The standard InChI is InChI=1S/C10H18ClNOS/c1-7(11)5-8(2)12-10(13)9-3-4-14-6-9/h7-9H,3-6H2,1-2H3,(H,12,13). The topological polar surface area (TPSA) is 29.1 Å². The molecule has 0 saturated carbocycles. The summed E-state index contributed by atoms with van der Waals surface area (Å²) < 4.78 is 0. The molecule has 1 heterocycles. The molecule has 1 saturated heterocycles. The molecule has 3 unspecified atom stereocenters. The summed E-state index contributed by atoms with van der Waals surface area (Å²) in [7, 11) is 0. The molecular formula is C10H18ClNOS. The third-order valence-corrected chi connectivity index (χ3v) is 3.71. The fourth-order valence-corrected chi connectivity index (χ4v) is 3.14. The Labute approximate surface area is 95.2 Å². The summed E-state index contributed by atoms with van der Waals surface area (Å²) in [4.78, 5) is 11.7. The number of carbonyl (C=O) groups excluding carboxylic acids is 1. The number of rotatable bonds is 4. The number of thioether (sulfide) groups is 1. The molecule has 0 radical (unpaired) electrons. The molecule has 0 aromatic heterocycles. The molecule has 1 N–H and O–H groups in total. The van der Waals surface area contributed by atoms with E-state index in [-0.39, 0.29) is 23.2 Å². The van der Waals surface area contributed by atoms with E-state index >= 15 is 0 Å². The van der Waals surface area contributed by atoms with E-state index in [1.54, 1.807) is 0 Å². The number of alkyl halides is 1. The molecule has 82 valence electrons. The fraction of sp³-hybridized carbons (Fsp3) is 0.900. The van der Waals surface area contributed by atoms with E-state index in [2.05, 4.69) is 5.32 Å². The second kappa shape index (κ2) is 5.86. The van der Waals surface area contributed by atoms with E-state index in [0.717, 1.165) is 24.3 Å². The van der Waals surface area contributed by atoms with E-state index in [9.17, 15) is 4.79 Å². The largest absolute Gasteiger partial charge is 0.353 e. The van der Waals surface area contributed by atoms with Gasteiger partial charge in [0.2, 0.25) is 5.91 Å². The van der Waals surface area contributed by atoms with Gasteiger partial charge in [-0.05, 0) is 32.4 Å². The number of halogens is 1. The lowest BCUT2D eigenvalue weighted by Gasteiger charge is -2.17. The number of hydrogen-bond acceptors (Lipinski definition) is 2. The smallest absolute Gasteiger partial charge is 0.224 e. The maximum atomic E-state index is 11.7. The average molecular weight is 236 g/mol. The maximum absolute atomic E-state index is 11.7. The Hall–Kier alpha value is 0.110. The monoisotopic (exact) mass is 235 g/mol. The predicted octanol–water partition coefficient (Wildman–Crippen LogP) is 2.26. The average Bonchev–Trinajstić information content (AvgIpc) is 2.53. The molecule has 14 heavy (non-hydrogen) atoms. The van der Waals surface area contributed by atoms with Crippen LogP contribution >= 0.6 is 23.4 Å². The highest BCUT2D eigenvalue weighted by molar-refractivity contribution is 7.99. The van der Waals surface area contributed by atoms with Gasteiger partial charge in [-0.3, -0.25) is 4.79 Å². The van der Waals surface area contributed by atoms with Gasteiger partial charge in [-0.25, -0.2) is 0 Å². The molecule has 0 aliphatic carbocycles. The summed E-state index contributed by atoms with van der Waals surface area (Å²) in [6, 6.07) is 0.195. The molecule has 3 atom stereocenters. The molecule has 0 aromatic rings. The molecule has 1 rings (SSSR count). The zero-order valence-electron chi connectivity index (χ0n) is 8.75. The minimum Gasteiger partial charge on any atom is -0.353 e. The van der Waals surface area contributed by atoms with Gasteiger partial charge in [-0.15, -0.1) is 11.6 Å². The molecule has 1 fully saturated rings. The van der Waals surface area contributed by atoms with Crippen LogP contribution in [0.25, 0.3) is 0 Å². The first-order valence-corrected chi connectivity index (χ1v) is 6.71. The molecule has 1 amide bonds. The van der Waals surface area contributed by atoms with Gasteiger partial charge >= 0.3 is 0 Å². The summed E-state index contributed by atoms with van der Waals surface area (Å²) in [5, 5.41) is 3.14. The van der Waals surface area contributed by atoms with Gasteiger partial charge in [0.15, 0.2) is 0 Å². The van der Waals surface area contributed by atoms with Crippen molar-refractivity contribution in [2.75, 3.05) is 11.5 Å². The van der Waals surface area contributed by atoms with E-state index in [1.165, 1.54) is 0 Å². The quantitative estimate of drug-likeness (QED) is 0.758. The van der Waals surface area contributed by atoms with Crippen molar-refractivity contribution in [1.82, 2.24) is 5.32 Å². The Morgan fingerprint density at radius 1 is 1.64 bits per heavy atom. The van der Waals surface area contributed by atoms with Crippen LogP contribution in [0.3, 0.4) is 0 Å². The Balaban J connectivity index is 2.25. The molecule has 4 heteroatoms. The van der Waals surface area contributed by atoms with E-state index < -0.39 is 0 Å². The SMILES string of the molecule is CC(Cl)CC(C)NC(=O)C1CCSC1. The molecule has 2 nitrogen and oxygen atoms in total. The fourth-order valence-electron chi connectivity index (χ4n) is 1.65. The molecule has 1 aliphatic heterocycles. The van der Waals surface area contributed by atoms with Crippen LogP contribution in [-0.2, 0) is 4.79 Å². The van der Waals surface area contributed by atoms with Gasteiger partial charge in [-0.1, -0.05) is 0 Å². The lowest BCUT2D eigenvalue weighted by atomic mass is 10.1. The molecule has 0 bridgehead atoms. The van der Waals surface area contributed by atoms with Gasteiger partial charge < -0.3 is 5.32 Å². The van der Waals surface area contributed by atoms with Crippen LogP contribution in [0.5, 0.6) is 0 Å². The summed E-state index contributed by atoms with van der Waals surface area (Å²) >= 11 is 7.72. The van der Waals surface area contributed by atoms with Crippen LogP contribution < -0.4 is 5.32 Å². The van der Waals surface area contributed by atoms with Crippen molar-refractivity contribution in [3.05, 3.63) is 0 Å². The lowest BCUT2D eigenvalue weighted by molar-refractivity contribution is -0.124. The first-order valence-electron chi connectivity index (χ1n) is 5.11. The summed E-state index contributed by atoms with van der Waals surface area (Å²) in [6.07, 6.45) is 1.87. The third-order valence-electron chi connectivity index (χ3n) is 2.37. The second-order valence-electron chi connectivity index (χ2n) is 3.99. The zero-order chi connectivity index (χ0) is 10.6. The Kier molecular flexibility index (Phi) is 5.10. The maximum Gasteiger partial charge on any atom is 0.224 e. The molecule has 0 aromatic carbocycles. The van der Waals surface area contributed by atoms with E-state index in [1.807, 2.05) is 25.6 Å². The van der Waals surface area contributed by atoms with Crippen LogP contribution in [-0.4, -0.2) is 28.8 Å². The Bertz CT molecular complexity index is 193. The Morgan fingerprint density at radius 2 is 2.36 bits per heavy atom. The summed E-state index contributed by atoms with van der Waals surface area (Å²) in [6.45, 7) is 3.97. The first kappa shape index (κ1) is 12.2. The van der Waals surface area contributed by atoms with Crippen molar-refractivity contribution in [3.63, 3.8) is 0 Å². The third kappa shape index (κ3) is 4.09. The van der Waals surface area contributed by atoms with Gasteiger partial charge in [0, 0.05) is 23.1 Å². The van der Waals surface area contributed by atoms with Crippen molar-refractivity contribution in [1.29, 1.82) is 0 Å². The van der Waals surface area contributed by atoms with Crippen molar-refractivity contribution >= 4 is 29.3 Å². The molecule has 0 spiro atoms. The number of amides is 1. The van der Waals surface area contributed by atoms with Crippen molar-refractivity contribution in [3.8, 4) is 0 Å². The second-order valence-corrected chi connectivity index (χ2v) is 5.88. The predicted molar refractivity (Wildman–Crippen MR) is 63.0 cm³/mol. The van der Waals surface area contributed by atoms with E-state index in [4.69, 9.17) is 11.6 Å². The van der Waals surface area contributed by atoms with Crippen molar-refractivity contribution < 1.29 is 4.79 Å².